The summed E-state index contributed by atoms with van der Waals surface area (Å²) in [6.45, 7) is 0. The van der Waals surface area contributed by atoms with Crippen LogP contribution in [0.25, 0.3) is 0 Å². The summed E-state index contributed by atoms with van der Waals surface area (Å²) in [4.78, 5) is 26.6. The van der Waals surface area contributed by atoms with Crippen molar-refractivity contribution in [3.8, 4) is 0 Å². The molecule has 0 aromatic heterocycles. The van der Waals surface area contributed by atoms with Crippen LogP contribution in [0.1, 0.15) is 19.3 Å². The van der Waals surface area contributed by atoms with E-state index in [0.717, 1.165) is 12.8 Å². The molecule has 7 heteroatoms. The topological polar surface area (TPSA) is 67.9 Å². The van der Waals surface area contributed by atoms with Crippen LogP contribution in [-0.4, -0.2) is 49.3 Å². The van der Waals surface area contributed by atoms with E-state index in [9.17, 15) is 9.59 Å². The molecule has 0 spiro atoms. The normalized spacial score (nSPS) is 28.6. The van der Waals surface area contributed by atoms with Crippen LogP contribution in [-0.2, 0) is 14.3 Å². The largest absolute Gasteiger partial charge is 0.469 e. The van der Waals surface area contributed by atoms with E-state index in [1.807, 2.05) is 25.2 Å². The van der Waals surface area contributed by atoms with Crippen molar-refractivity contribution in [3.05, 3.63) is 30.3 Å². The Bertz CT molecular complexity index is 583. The van der Waals surface area contributed by atoms with Crippen LogP contribution in [0.15, 0.2) is 30.3 Å². The molecule has 1 aromatic carbocycles. The van der Waals surface area contributed by atoms with Crippen LogP contribution in [0.4, 0.5) is 10.5 Å². The van der Waals surface area contributed by atoms with Crippen molar-refractivity contribution in [1.82, 2.24) is 4.90 Å². The standard InChI is InChI=1S/C17H22N2O4.ClH/c1-19-12-8-9-13(19)15(16(20)22-2)14(10-12)23-17(21)18-11-6-4-3-5-7-11;/h3-7,12-15H,8-10H2,1-2H3,(H,18,21);1H. The molecule has 0 saturated carbocycles. The number of rotatable bonds is 3. The van der Waals surface area contributed by atoms with Gasteiger partial charge in [-0.3, -0.25) is 15.0 Å². The number of esters is 1. The van der Waals surface area contributed by atoms with Crippen molar-refractivity contribution in [3.63, 3.8) is 0 Å². The number of piperidine rings is 1. The summed E-state index contributed by atoms with van der Waals surface area (Å²) in [6, 6.07) is 9.56. The predicted molar refractivity (Wildman–Crippen MR) is 92.3 cm³/mol. The third-order valence-corrected chi connectivity index (χ3v) is 4.97. The maximum atomic E-state index is 12.2. The van der Waals surface area contributed by atoms with Gasteiger partial charge in [0.2, 0.25) is 0 Å². The van der Waals surface area contributed by atoms with E-state index in [2.05, 4.69) is 10.2 Å². The number of benzene rings is 1. The molecule has 1 amide bonds. The van der Waals surface area contributed by atoms with Crippen LogP contribution in [0, 0.1) is 5.92 Å². The lowest BCUT2D eigenvalue weighted by molar-refractivity contribution is -0.155. The van der Waals surface area contributed by atoms with Gasteiger partial charge < -0.3 is 9.47 Å². The van der Waals surface area contributed by atoms with E-state index in [-0.39, 0.29) is 24.4 Å². The summed E-state index contributed by atoms with van der Waals surface area (Å²) in [5.74, 6) is -0.731. The van der Waals surface area contributed by atoms with Gasteiger partial charge in [-0.05, 0) is 32.0 Å². The Labute approximate surface area is 147 Å². The highest BCUT2D eigenvalue weighted by atomic mass is 35.5. The first-order valence-corrected chi connectivity index (χ1v) is 7.92. The fourth-order valence-electron chi connectivity index (χ4n) is 3.79. The van der Waals surface area contributed by atoms with Gasteiger partial charge in [-0.15, -0.1) is 12.4 Å². The van der Waals surface area contributed by atoms with Gasteiger partial charge >= 0.3 is 12.1 Å². The van der Waals surface area contributed by atoms with E-state index in [1.54, 1.807) is 12.1 Å². The number of anilines is 1. The second-order valence-corrected chi connectivity index (χ2v) is 6.18. The fraction of sp³-hybridized carbons (Fsp3) is 0.529. The zero-order valence-electron chi connectivity index (χ0n) is 13.8. The number of carbonyl (C=O) groups is 2. The van der Waals surface area contributed by atoms with Gasteiger partial charge in [0.05, 0.1) is 7.11 Å². The Kier molecular flexibility index (Phi) is 6.07. The molecule has 1 aromatic rings. The minimum atomic E-state index is -0.529. The number of nitrogens with zero attached hydrogens (tertiary/aromatic N) is 1. The summed E-state index contributed by atoms with van der Waals surface area (Å²) in [5.41, 5.74) is 0.669. The number of carbonyl (C=O) groups excluding carboxylic acids is 2. The molecule has 4 atom stereocenters. The molecule has 2 aliphatic rings. The molecule has 0 radical (unpaired) electrons. The predicted octanol–water partition coefficient (Wildman–Crippen LogP) is 2.68. The quantitative estimate of drug-likeness (QED) is 0.845. The maximum absolute atomic E-state index is 12.2. The van der Waals surface area contributed by atoms with Gasteiger partial charge in [0.15, 0.2) is 0 Å². The molecule has 4 unspecified atom stereocenters. The first-order chi connectivity index (χ1) is 11.1. The van der Waals surface area contributed by atoms with Crippen LogP contribution in [0.3, 0.4) is 0 Å². The lowest BCUT2D eigenvalue weighted by Gasteiger charge is -2.40. The average molecular weight is 355 g/mol. The molecule has 6 nitrogen and oxygen atoms in total. The molecule has 2 heterocycles. The average Bonchev–Trinajstić information content (AvgIpc) is 2.79. The Morgan fingerprint density at radius 3 is 2.58 bits per heavy atom. The number of hydrogen-bond acceptors (Lipinski definition) is 5. The molecule has 2 fully saturated rings. The summed E-state index contributed by atoms with van der Waals surface area (Å²) in [6.07, 6.45) is 1.64. The molecule has 2 aliphatic heterocycles. The highest BCUT2D eigenvalue weighted by Gasteiger charge is 2.50. The third kappa shape index (κ3) is 3.65. The number of hydrogen-bond donors (Lipinski definition) is 1. The fourth-order valence-corrected chi connectivity index (χ4v) is 3.79. The minimum Gasteiger partial charge on any atom is -0.469 e. The first-order valence-electron chi connectivity index (χ1n) is 7.92. The van der Waals surface area contributed by atoms with Gasteiger partial charge in [-0.2, -0.15) is 0 Å². The van der Waals surface area contributed by atoms with Crippen molar-refractivity contribution in [2.75, 3.05) is 19.5 Å². The second-order valence-electron chi connectivity index (χ2n) is 6.18. The van der Waals surface area contributed by atoms with E-state index in [0.29, 0.717) is 18.2 Å². The van der Waals surface area contributed by atoms with Crippen LogP contribution >= 0.6 is 12.4 Å². The van der Waals surface area contributed by atoms with E-state index in [1.165, 1.54) is 7.11 Å². The number of methoxy groups -OCH3 is 1. The summed E-state index contributed by atoms with van der Waals surface area (Å²) >= 11 is 0. The number of amides is 1. The third-order valence-electron chi connectivity index (χ3n) is 4.97. The molecule has 24 heavy (non-hydrogen) atoms. The molecule has 0 aliphatic carbocycles. The van der Waals surface area contributed by atoms with Crippen LogP contribution in [0.2, 0.25) is 0 Å². The Balaban J connectivity index is 0.00000208. The van der Waals surface area contributed by atoms with Crippen molar-refractivity contribution < 1.29 is 19.1 Å². The monoisotopic (exact) mass is 354 g/mol. The molecule has 1 N–H and O–H groups in total. The maximum Gasteiger partial charge on any atom is 0.411 e. The van der Waals surface area contributed by atoms with Crippen molar-refractivity contribution in [2.24, 2.45) is 5.92 Å². The zero-order valence-corrected chi connectivity index (χ0v) is 14.6. The summed E-state index contributed by atoms with van der Waals surface area (Å²) in [7, 11) is 3.41. The van der Waals surface area contributed by atoms with Gasteiger partial charge in [0, 0.05) is 24.2 Å². The highest BCUT2D eigenvalue weighted by molar-refractivity contribution is 5.85. The molecule has 2 saturated heterocycles. The molecule has 2 bridgehead atoms. The Morgan fingerprint density at radius 1 is 1.21 bits per heavy atom. The molecular weight excluding hydrogens is 332 g/mol. The first kappa shape index (κ1) is 18.5. The van der Waals surface area contributed by atoms with Gasteiger partial charge in [-0.1, -0.05) is 18.2 Å². The van der Waals surface area contributed by atoms with Crippen LogP contribution < -0.4 is 5.32 Å². The van der Waals surface area contributed by atoms with E-state index < -0.39 is 18.1 Å². The van der Waals surface area contributed by atoms with E-state index >= 15 is 0 Å². The number of para-hydroxylation sites is 1. The smallest absolute Gasteiger partial charge is 0.411 e. The lowest BCUT2D eigenvalue weighted by Crippen LogP contribution is -2.53. The number of nitrogens with one attached hydrogen (secondary N) is 1. The Hall–Kier alpha value is -1.79. The second kappa shape index (κ2) is 7.85. The Morgan fingerprint density at radius 2 is 1.92 bits per heavy atom. The highest BCUT2D eigenvalue weighted by Crippen LogP contribution is 2.40. The van der Waals surface area contributed by atoms with Crippen LogP contribution in [0.5, 0.6) is 0 Å². The number of fused-ring (bicyclic) bond motifs is 2. The van der Waals surface area contributed by atoms with E-state index in [4.69, 9.17) is 9.47 Å². The zero-order chi connectivity index (χ0) is 16.4. The van der Waals surface area contributed by atoms with Gasteiger partial charge in [0.25, 0.3) is 0 Å². The summed E-state index contributed by atoms with van der Waals surface area (Å²) < 4.78 is 10.5. The lowest BCUT2D eigenvalue weighted by atomic mass is 9.87. The number of halogens is 1. The van der Waals surface area contributed by atoms with Crippen molar-refractivity contribution >= 4 is 30.2 Å². The van der Waals surface area contributed by atoms with Crippen molar-refractivity contribution in [1.29, 1.82) is 0 Å². The summed E-state index contributed by atoms with van der Waals surface area (Å²) in [5, 5.41) is 2.70. The van der Waals surface area contributed by atoms with Crippen molar-refractivity contribution in [2.45, 2.75) is 37.5 Å². The molecular formula is C17H23ClN2O4. The number of ether oxygens (including phenoxy) is 2. The van der Waals surface area contributed by atoms with Gasteiger partial charge in [0.1, 0.15) is 12.0 Å². The van der Waals surface area contributed by atoms with Gasteiger partial charge in [-0.25, -0.2) is 4.79 Å². The SMILES string of the molecule is COC(=O)C1C(OC(=O)Nc2ccccc2)CC2CCC1N2C.Cl. The molecule has 132 valence electrons. The minimum absolute atomic E-state index is 0. The molecule has 3 rings (SSSR count).